The molecule has 0 aliphatic heterocycles. The molecule has 1 fully saturated rings. The molecule has 0 bridgehead atoms. The van der Waals surface area contributed by atoms with E-state index in [1.807, 2.05) is 6.07 Å². The number of carboxylic acid groups (broad SMARTS) is 1. The molecule has 1 aliphatic rings. The number of nitrogens with zero attached hydrogens (tertiary/aromatic N) is 1. The van der Waals surface area contributed by atoms with Crippen molar-refractivity contribution in [3.05, 3.63) is 54.1 Å². The summed E-state index contributed by atoms with van der Waals surface area (Å²) in [5.41, 5.74) is 1.16. The van der Waals surface area contributed by atoms with Crippen LogP contribution in [-0.2, 0) is 9.59 Å². The molecule has 2 N–H and O–H groups in total. The Balaban J connectivity index is 1.62. The van der Waals surface area contributed by atoms with Crippen LogP contribution in [0, 0.1) is 23.2 Å². The van der Waals surface area contributed by atoms with Crippen LogP contribution in [0.2, 0.25) is 0 Å². The predicted molar refractivity (Wildman–Crippen MR) is 99.4 cm³/mol. The van der Waals surface area contributed by atoms with E-state index in [0.29, 0.717) is 35.6 Å². The predicted octanol–water partition coefficient (Wildman–Crippen LogP) is 4.18. The Bertz CT molecular complexity index is 853. The third-order valence-corrected chi connectivity index (χ3v) is 4.76. The Morgan fingerprint density at radius 1 is 0.963 bits per heavy atom. The van der Waals surface area contributed by atoms with E-state index in [-0.39, 0.29) is 5.91 Å². The van der Waals surface area contributed by atoms with Gasteiger partial charge < -0.3 is 15.2 Å². The molecule has 6 heteroatoms. The van der Waals surface area contributed by atoms with Crippen LogP contribution >= 0.6 is 0 Å². The average Bonchev–Trinajstić information content (AvgIpc) is 2.70. The van der Waals surface area contributed by atoms with Crippen LogP contribution in [0.1, 0.15) is 31.2 Å². The number of hydrogen-bond acceptors (Lipinski definition) is 4. The van der Waals surface area contributed by atoms with Gasteiger partial charge in [-0.25, -0.2) is 0 Å². The molecule has 0 spiro atoms. The van der Waals surface area contributed by atoms with Crippen LogP contribution in [0.25, 0.3) is 0 Å². The summed E-state index contributed by atoms with van der Waals surface area (Å²) in [5.74, 6) is -1.05. The van der Waals surface area contributed by atoms with Gasteiger partial charge in [0, 0.05) is 5.69 Å². The molecule has 27 heavy (non-hydrogen) atoms. The van der Waals surface area contributed by atoms with Crippen molar-refractivity contribution in [1.29, 1.82) is 5.26 Å². The van der Waals surface area contributed by atoms with Gasteiger partial charge in [-0.1, -0.05) is 12.8 Å². The zero-order chi connectivity index (χ0) is 19.2. The second-order valence-corrected chi connectivity index (χ2v) is 6.59. The highest BCUT2D eigenvalue weighted by atomic mass is 16.5. The van der Waals surface area contributed by atoms with Crippen molar-refractivity contribution in [2.24, 2.45) is 11.8 Å². The van der Waals surface area contributed by atoms with E-state index in [1.165, 1.54) is 0 Å². The molecule has 0 radical (unpaired) electrons. The Hall–Kier alpha value is -3.33. The maximum atomic E-state index is 12.5. The number of carbonyl (C=O) groups excluding carboxylic acids is 1. The maximum absolute atomic E-state index is 12.5. The van der Waals surface area contributed by atoms with Crippen molar-refractivity contribution in [3.8, 4) is 17.6 Å². The molecular formula is C21H20N2O4. The van der Waals surface area contributed by atoms with Gasteiger partial charge in [-0.05, 0) is 61.4 Å². The second kappa shape index (κ2) is 8.37. The number of hydrogen-bond donors (Lipinski definition) is 2. The highest BCUT2D eigenvalue weighted by Crippen LogP contribution is 2.31. The van der Waals surface area contributed by atoms with Crippen LogP contribution in [0.4, 0.5) is 5.69 Å². The lowest BCUT2D eigenvalue weighted by molar-refractivity contribution is -0.147. The SMILES string of the molecule is N#Cc1ccc(Oc2ccc(NC(=O)[C@H]3CCCC[C@H]3C(=O)O)cc2)cc1. The summed E-state index contributed by atoms with van der Waals surface area (Å²) >= 11 is 0. The van der Waals surface area contributed by atoms with Crippen LogP contribution in [0.3, 0.4) is 0 Å². The quantitative estimate of drug-likeness (QED) is 0.829. The number of nitriles is 1. The average molecular weight is 364 g/mol. The molecule has 3 rings (SSSR count). The van der Waals surface area contributed by atoms with E-state index in [2.05, 4.69) is 5.32 Å². The fourth-order valence-corrected chi connectivity index (χ4v) is 3.32. The number of rotatable bonds is 5. The molecule has 0 heterocycles. The highest BCUT2D eigenvalue weighted by Gasteiger charge is 2.35. The number of aliphatic carboxylic acids is 1. The van der Waals surface area contributed by atoms with Crippen LogP contribution in [0.5, 0.6) is 11.5 Å². The molecule has 1 amide bonds. The summed E-state index contributed by atoms with van der Waals surface area (Å²) in [6.45, 7) is 0. The first-order chi connectivity index (χ1) is 13.1. The lowest BCUT2D eigenvalue weighted by Crippen LogP contribution is -2.36. The monoisotopic (exact) mass is 364 g/mol. The third-order valence-electron chi connectivity index (χ3n) is 4.76. The zero-order valence-electron chi connectivity index (χ0n) is 14.7. The van der Waals surface area contributed by atoms with Gasteiger partial charge in [-0.15, -0.1) is 0 Å². The Morgan fingerprint density at radius 2 is 1.52 bits per heavy atom. The van der Waals surface area contributed by atoms with Crippen LogP contribution < -0.4 is 10.1 Å². The van der Waals surface area contributed by atoms with E-state index in [1.54, 1.807) is 48.5 Å². The summed E-state index contributed by atoms with van der Waals surface area (Å²) < 4.78 is 5.70. The first kappa shape index (κ1) is 18.5. The van der Waals surface area contributed by atoms with E-state index in [9.17, 15) is 14.7 Å². The molecule has 1 saturated carbocycles. The summed E-state index contributed by atoms with van der Waals surface area (Å²) in [7, 11) is 0. The highest BCUT2D eigenvalue weighted by molar-refractivity contribution is 5.95. The van der Waals surface area contributed by atoms with E-state index in [0.717, 1.165) is 12.8 Å². The molecule has 0 unspecified atom stereocenters. The van der Waals surface area contributed by atoms with Gasteiger partial charge in [0.1, 0.15) is 11.5 Å². The van der Waals surface area contributed by atoms with Crippen LogP contribution in [-0.4, -0.2) is 17.0 Å². The number of nitrogens with one attached hydrogen (secondary N) is 1. The van der Waals surface area contributed by atoms with E-state index >= 15 is 0 Å². The van der Waals surface area contributed by atoms with E-state index < -0.39 is 17.8 Å². The number of ether oxygens (including phenoxy) is 1. The molecule has 2 aromatic carbocycles. The standard InChI is InChI=1S/C21H20N2O4/c22-13-14-5-9-16(10-6-14)27-17-11-7-15(8-12-17)23-20(24)18-3-1-2-4-19(18)21(25)26/h5-12,18-19H,1-4H2,(H,23,24)(H,25,26)/t18-,19+/m0/s1. The van der Waals surface area contributed by atoms with E-state index in [4.69, 9.17) is 10.00 Å². The Labute approximate surface area is 157 Å². The first-order valence-corrected chi connectivity index (χ1v) is 8.88. The van der Waals surface area contributed by atoms with Crippen molar-refractivity contribution >= 4 is 17.6 Å². The fourth-order valence-electron chi connectivity index (χ4n) is 3.32. The van der Waals surface area contributed by atoms with Gasteiger partial charge in [0.2, 0.25) is 5.91 Å². The fraction of sp³-hybridized carbons (Fsp3) is 0.286. The minimum atomic E-state index is -0.902. The minimum Gasteiger partial charge on any atom is -0.481 e. The van der Waals surface area contributed by atoms with Crippen molar-refractivity contribution in [2.75, 3.05) is 5.32 Å². The molecule has 138 valence electrons. The van der Waals surface area contributed by atoms with Crippen molar-refractivity contribution in [1.82, 2.24) is 0 Å². The minimum absolute atomic E-state index is 0.247. The maximum Gasteiger partial charge on any atom is 0.307 e. The lowest BCUT2D eigenvalue weighted by atomic mass is 9.78. The Morgan fingerprint density at radius 3 is 2.07 bits per heavy atom. The summed E-state index contributed by atoms with van der Waals surface area (Å²) in [4.78, 5) is 23.9. The molecule has 0 aromatic heterocycles. The van der Waals surface area contributed by atoms with Crippen molar-refractivity contribution in [2.45, 2.75) is 25.7 Å². The molecule has 2 aromatic rings. The van der Waals surface area contributed by atoms with Crippen LogP contribution in [0.15, 0.2) is 48.5 Å². The summed E-state index contributed by atoms with van der Waals surface area (Å²) in [6, 6.07) is 15.7. The van der Waals surface area contributed by atoms with Gasteiger partial charge >= 0.3 is 5.97 Å². The normalized spacial score (nSPS) is 18.9. The largest absolute Gasteiger partial charge is 0.481 e. The lowest BCUT2D eigenvalue weighted by Gasteiger charge is -2.27. The molecule has 1 aliphatic carbocycles. The van der Waals surface area contributed by atoms with Gasteiger partial charge in [0.15, 0.2) is 0 Å². The number of anilines is 1. The Kier molecular flexibility index (Phi) is 5.72. The number of amides is 1. The van der Waals surface area contributed by atoms with Gasteiger partial charge in [-0.2, -0.15) is 5.26 Å². The third kappa shape index (κ3) is 4.64. The number of benzene rings is 2. The van der Waals surface area contributed by atoms with Crippen molar-refractivity contribution < 1.29 is 19.4 Å². The molecule has 6 nitrogen and oxygen atoms in total. The van der Waals surface area contributed by atoms with Gasteiger partial charge in [0.05, 0.1) is 23.5 Å². The zero-order valence-corrected chi connectivity index (χ0v) is 14.7. The van der Waals surface area contributed by atoms with Gasteiger partial charge in [0.25, 0.3) is 0 Å². The molecule has 2 atom stereocenters. The second-order valence-electron chi connectivity index (χ2n) is 6.59. The first-order valence-electron chi connectivity index (χ1n) is 8.88. The number of carbonyl (C=O) groups is 2. The van der Waals surface area contributed by atoms with Crippen molar-refractivity contribution in [3.63, 3.8) is 0 Å². The molecular weight excluding hydrogens is 344 g/mol. The molecule has 0 saturated heterocycles. The summed E-state index contributed by atoms with van der Waals surface area (Å²) in [5, 5.41) is 20.9. The summed E-state index contributed by atoms with van der Waals surface area (Å²) in [6.07, 6.45) is 2.87. The number of carboxylic acids is 1. The smallest absolute Gasteiger partial charge is 0.307 e. The van der Waals surface area contributed by atoms with Gasteiger partial charge in [-0.3, -0.25) is 9.59 Å². The topological polar surface area (TPSA) is 99.4 Å².